The Balaban J connectivity index is 1.56. The normalized spacial score (nSPS) is 16.8. The number of aliphatic imine (C=N–C) groups is 1. The number of amides is 13. The van der Waals surface area contributed by atoms with Crippen molar-refractivity contribution in [2.75, 3.05) is 44.7 Å². The van der Waals surface area contributed by atoms with Crippen molar-refractivity contribution in [2.24, 2.45) is 51.0 Å². The van der Waals surface area contributed by atoms with Gasteiger partial charge in [0.05, 0.1) is 12.6 Å². The number of rotatable bonds is 42. The summed E-state index contributed by atoms with van der Waals surface area (Å²) in [5, 5.41) is 21.1. The third-order valence-corrected chi connectivity index (χ3v) is 16.7. The predicted molar refractivity (Wildman–Crippen MR) is 356 cm³/mol. The number of carbonyl (C=O) groups excluding carboxylic acids is 13. The van der Waals surface area contributed by atoms with Crippen molar-refractivity contribution in [2.45, 2.75) is 183 Å². The van der Waals surface area contributed by atoms with Gasteiger partial charge < -0.3 is 92.5 Å². The Morgan fingerprint density at radius 1 is 0.537 bits per heavy atom. The number of likely N-dealkylation sites (tertiary alicyclic amines) is 2. The van der Waals surface area contributed by atoms with Crippen LogP contribution in [0.2, 0.25) is 0 Å². The number of thioether (sulfide) groups is 1. The molecule has 2 heterocycles. The zero-order valence-electron chi connectivity index (χ0n) is 54.5. The van der Waals surface area contributed by atoms with Gasteiger partial charge in [0, 0.05) is 45.3 Å². The number of nitrogens with one attached hydrogen (secondary N) is 8. The first-order valence-corrected chi connectivity index (χ1v) is 33.6. The maximum atomic E-state index is 14.7. The number of guanidine groups is 1. The van der Waals surface area contributed by atoms with Crippen LogP contribution < -0.4 is 82.7 Å². The minimum atomic E-state index is -1.64. The Kier molecular flexibility index (Phi) is 33.9. The van der Waals surface area contributed by atoms with E-state index in [4.69, 9.17) is 40.1 Å². The Morgan fingerprint density at radius 3 is 1.51 bits per heavy atom. The molecule has 2 aromatic carbocycles. The van der Waals surface area contributed by atoms with Crippen molar-refractivity contribution in [3.05, 3.63) is 71.8 Å². The minimum absolute atomic E-state index is 0.0736. The summed E-state index contributed by atoms with van der Waals surface area (Å²) in [6.07, 6.45) is 3.12. The molecule has 0 aliphatic carbocycles. The van der Waals surface area contributed by atoms with Crippen LogP contribution in [0.25, 0.3) is 0 Å². The van der Waals surface area contributed by atoms with Crippen LogP contribution in [0.1, 0.15) is 121 Å². The zero-order valence-corrected chi connectivity index (χ0v) is 55.3. The molecule has 31 nitrogen and oxygen atoms in total. The molecule has 2 fully saturated rings. The minimum Gasteiger partial charge on any atom is -0.370 e. The van der Waals surface area contributed by atoms with Crippen LogP contribution in [0, 0.1) is 5.92 Å². The highest BCUT2D eigenvalue weighted by atomic mass is 32.2. The maximum Gasteiger partial charge on any atom is 0.245 e. The van der Waals surface area contributed by atoms with Gasteiger partial charge in [-0.1, -0.05) is 74.5 Å². The van der Waals surface area contributed by atoms with Crippen LogP contribution in [0.4, 0.5) is 0 Å². The molecule has 0 radical (unpaired) electrons. The molecule has 32 heteroatoms. The Bertz CT molecular complexity index is 2960. The lowest BCUT2D eigenvalue weighted by molar-refractivity contribution is -0.144. The molecule has 10 atom stereocenters. The molecule has 2 aromatic rings. The topological polar surface area (TPSA) is 519 Å². The predicted octanol–water partition coefficient (Wildman–Crippen LogP) is -3.71. The van der Waals surface area contributed by atoms with Crippen molar-refractivity contribution in [1.29, 1.82) is 0 Å². The van der Waals surface area contributed by atoms with Crippen LogP contribution in [0.15, 0.2) is 65.7 Å². The second-order valence-corrected chi connectivity index (χ2v) is 25.1. The molecule has 2 saturated heterocycles. The summed E-state index contributed by atoms with van der Waals surface area (Å²) in [5.74, 6) is -9.80. The van der Waals surface area contributed by atoms with E-state index < -0.39 is 169 Å². The quantitative estimate of drug-likeness (QED) is 0.0173. The van der Waals surface area contributed by atoms with Gasteiger partial charge in [-0.3, -0.25) is 67.3 Å². The van der Waals surface area contributed by atoms with Gasteiger partial charge in [-0.2, -0.15) is 11.8 Å². The molecule has 95 heavy (non-hydrogen) atoms. The number of carbonyl (C=O) groups is 13. The van der Waals surface area contributed by atoms with Gasteiger partial charge in [-0.15, -0.1) is 0 Å². The number of benzene rings is 2. The zero-order chi connectivity index (χ0) is 70.1. The highest BCUT2D eigenvalue weighted by molar-refractivity contribution is 7.98. The van der Waals surface area contributed by atoms with Crippen LogP contribution >= 0.6 is 11.8 Å². The number of nitrogens with two attached hydrogens (primary N) is 7. The lowest BCUT2D eigenvalue weighted by Crippen LogP contribution is -2.60. The SMILES string of the molecule is CSCC[C@H](NC(=O)[C@H](CC(C)C)NC(=O)CNC(=O)[C@H](Cc1ccccc1)NC(=O)[C@H](Cc1ccccc1)NC(=O)[C@@H](CCC(N)=O)NC(=O)[C@@H](CCC(N)=O)NC(=O)[C@@H]1CCCN1C(=O)[C@@H](CCCCN)NC(=O)[C@@H]1CCCN1C(=O)[C@@H](N)CCCN=C(N)N)C(N)=O. The molecule has 0 saturated carbocycles. The fourth-order valence-electron chi connectivity index (χ4n) is 11.0. The molecule has 2 aliphatic rings. The summed E-state index contributed by atoms with van der Waals surface area (Å²) in [5.41, 5.74) is 40.6. The van der Waals surface area contributed by atoms with E-state index in [-0.39, 0.29) is 83.0 Å². The first kappa shape index (κ1) is 78.5. The molecule has 0 spiro atoms. The molecule has 0 unspecified atom stereocenters. The van der Waals surface area contributed by atoms with E-state index in [1.807, 2.05) is 20.1 Å². The summed E-state index contributed by atoms with van der Waals surface area (Å²) in [6.45, 7) is 3.86. The second kappa shape index (κ2) is 41.0. The fourth-order valence-corrected chi connectivity index (χ4v) is 11.5. The van der Waals surface area contributed by atoms with E-state index in [1.54, 1.807) is 60.7 Å². The lowest BCUT2D eigenvalue weighted by Gasteiger charge is -2.32. The molecule has 22 N–H and O–H groups in total. The van der Waals surface area contributed by atoms with Crippen LogP contribution in [0.5, 0.6) is 0 Å². The first-order valence-electron chi connectivity index (χ1n) is 32.2. The molecule has 524 valence electrons. The molecular formula is C63H98N18O13S. The third kappa shape index (κ3) is 27.5. The van der Waals surface area contributed by atoms with Crippen LogP contribution in [-0.4, -0.2) is 198 Å². The van der Waals surface area contributed by atoms with Crippen LogP contribution in [0.3, 0.4) is 0 Å². The summed E-state index contributed by atoms with van der Waals surface area (Å²) in [6, 6.07) is 4.51. The van der Waals surface area contributed by atoms with E-state index >= 15 is 0 Å². The van der Waals surface area contributed by atoms with Gasteiger partial charge >= 0.3 is 0 Å². The average Bonchev–Trinajstić information content (AvgIpc) is 1.74. The summed E-state index contributed by atoms with van der Waals surface area (Å²) >= 11 is 1.45. The molecule has 13 amide bonds. The highest BCUT2D eigenvalue weighted by Gasteiger charge is 2.42. The molecule has 0 aromatic heterocycles. The third-order valence-electron chi connectivity index (χ3n) is 16.0. The van der Waals surface area contributed by atoms with E-state index in [1.165, 1.54) is 21.6 Å². The summed E-state index contributed by atoms with van der Waals surface area (Å²) < 4.78 is 0. The number of nitrogens with zero attached hydrogens (tertiary/aromatic N) is 3. The van der Waals surface area contributed by atoms with E-state index in [0.717, 1.165) is 0 Å². The second-order valence-electron chi connectivity index (χ2n) is 24.1. The monoisotopic (exact) mass is 1350 g/mol. The number of hydrogen-bond donors (Lipinski definition) is 15. The van der Waals surface area contributed by atoms with E-state index in [2.05, 4.69) is 47.5 Å². The van der Waals surface area contributed by atoms with Gasteiger partial charge in [0.15, 0.2) is 5.96 Å². The van der Waals surface area contributed by atoms with Gasteiger partial charge in [-0.05, 0) is 119 Å². The Hall–Kier alpha value is -8.91. The summed E-state index contributed by atoms with van der Waals surface area (Å²) in [7, 11) is 0. The Morgan fingerprint density at radius 2 is 1.01 bits per heavy atom. The molecular weight excluding hydrogens is 1250 g/mol. The number of unbranched alkanes of at least 4 members (excludes halogenated alkanes) is 1. The van der Waals surface area contributed by atoms with Gasteiger partial charge in [0.1, 0.15) is 54.4 Å². The molecule has 4 rings (SSSR count). The van der Waals surface area contributed by atoms with E-state index in [9.17, 15) is 62.3 Å². The van der Waals surface area contributed by atoms with Crippen molar-refractivity contribution < 1.29 is 62.3 Å². The van der Waals surface area contributed by atoms with Crippen LogP contribution in [-0.2, 0) is 75.2 Å². The lowest BCUT2D eigenvalue weighted by atomic mass is 10.0. The average molecular weight is 1350 g/mol. The van der Waals surface area contributed by atoms with Gasteiger partial charge in [0.25, 0.3) is 0 Å². The highest BCUT2D eigenvalue weighted by Crippen LogP contribution is 2.24. The standard InChI is InChI=1S/C63H98N18O13S/c1-37(2)33-45(57(89)74-41(53(68)85)27-32-95-3)73-52(84)36-72-54(86)46(34-38-15-6-4-7-16-38)78-58(90)47(35-39-17-8-5-9-18-39)79-56(88)42(23-25-50(66)82)75-55(87)43(24-26-51(67)83)76-59(91)49-22-14-31-81(49)62(94)44(20-10-11-28-64)77-60(92)48-21-13-30-80(48)61(93)40(65)19-12-29-71-63(69)70/h4-9,15-18,37,40-49H,10-14,19-36,64-65H2,1-3H3,(H2,66,82)(H2,67,83)(H2,68,85)(H,72,86)(H,73,84)(H,74,89)(H,75,87)(H,76,91)(H,77,92)(H,78,90)(H,79,88)(H4,69,70,71)/t40-,41-,42+,43+,44+,45-,46-,47-,48-,49-/m0/s1. The molecule has 2 aliphatic heterocycles. The van der Waals surface area contributed by atoms with Crippen molar-refractivity contribution in [1.82, 2.24) is 52.3 Å². The van der Waals surface area contributed by atoms with Crippen molar-refractivity contribution >= 4 is 94.5 Å². The number of primary amides is 3. The Labute approximate surface area is 558 Å². The van der Waals surface area contributed by atoms with E-state index in [0.29, 0.717) is 55.4 Å². The van der Waals surface area contributed by atoms with Crippen molar-refractivity contribution in [3.8, 4) is 0 Å². The smallest absolute Gasteiger partial charge is 0.245 e. The summed E-state index contributed by atoms with van der Waals surface area (Å²) in [4.78, 5) is 185. The number of hydrogen-bond acceptors (Lipinski definition) is 17. The van der Waals surface area contributed by atoms with Gasteiger partial charge in [-0.25, -0.2) is 0 Å². The molecule has 0 bridgehead atoms. The van der Waals surface area contributed by atoms with Crippen molar-refractivity contribution in [3.63, 3.8) is 0 Å². The first-order chi connectivity index (χ1) is 45.2. The van der Waals surface area contributed by atoms with Gasteiger partial charge in [0.2, 0.25) is 76.8 Å². The fraction of sp³-hybridized carbons (Fsp3) is 0.587. The maximum absolute atomic E-state index is 14.7. The largest absolute Gasteiger partial charge is 0.370 e.